The van der Waals surface area contributed by atoms with E-state index in [2.05, 4.69) is 33.9 Å². The third kappa shape index (κ3) is 3.25. The lowest BCUT2D eigenvalue weighted by atomic mass is 9.90. The normalized spacial score (nSPS) is 29.3. The maximum absolute atomic E-state index is 13.0. The van der Waals surface area contributed by atoms with Gasteiger partial charge in [0, 0.05) is 69.2 Å². The molecule has 1 unspecified atom stereocenters. The SMILES string of the molecule is CN1C=C(N)C(c2ccc(C(=O)N3CCN4CCC3CC4)cc2)CC1. The second kappa shape index (κ2) is 6.71. The second-order valence-electron chi connectivity index (χ2n) is 7.64. The highest BCUT2D eigenvalue weighted by molar-refractivity contribution is 5.94. The van der Waals surface area contributed by atoms with Crippen LogP contribution in [0.5, 0.6) is 0 Å². The summed E-state index contributed by atoms with van der Waals surface area (Å²) in [6.45, 7) is 5.15. The predicted octanol–water partition coefficient (Wildman–Crippen LogP) is 1.83. The lowest BCUT2D eigenvalue weighted by Crippen LogP contribution is -2.41. The van der Waals surface area contributed by atoms with Crippen LogP contribution < -0.4 is 5.73 Å². The van der Waals surface area contributed by atoms with E-state index in [9.17, 15) is 4.79 Å². The van der Waals surface area contributed by atoms with Crippen molar-refractivity contribution < 1.29 is 4.79 Å². The molecule has 4 aliphatic rings. The van der Waals surface area contributed by atoms with Gasteiger partial charge in [0.25, 0.3) is 5.91 Å². The van der Waals surface area contributed by atoms with Gasteiger partial charge in [-0.3, -0.25) is 4.79 Å². The molecule has 25 heavy (non-hydrogen) atoms. The van der Waals surface area contributed by atoms with E-state index in [1.165, 1.54) is 5.56 Å². The summed E-state index contributed by atoms with van der Waals surface area (Å²) in [5, 5.41) is 0. The Kier molecular flexibility index (Phi) is 4.42. The maximum Gasteiger partial charge on any atom is 0.254 e. The summed E-state index contributed by atoms with van der Waals surface area (Å²) in [5.74, 6) is 0.453. The molecule has 0 saturated carbocycles. The molecule has 2 bridgehead atoms. The van der Waals surface area contributed by atoms with E-state index < -0.39 is 0 Å². The molecule has 1 amide bonds. The fraction of sp³-hybridized carbons (Fsp3) is 0.550. The molecule has 2 N–H and O–H groups in total. The second-order valence-corrected chi connectivity index (χ2v) is 7.64. The molecule has 1 aromatic rings. The van der Waals surface area contributed by atoms with Crippen molar-refractivity contribution in [2.24, 2.45) is 5.73 Å². The standard InChI is InChI=1S/C20H28N4O/c1-22-9-8-18(19(21)14-22)15-2-4-16(5-3-15)20(25)24-13-12-23-10-6-17(24)7-11-23/h2-5,14,17-18H,6-13,21H2,1H3. The molecule has 0 radical (unpaired) electrons. The highest BCUT2D eigenvalue weighted by atomic mass is 16.2. The summed E-state index contributed by atoms with van der Waals surface area (Å²) in [6, 6.07) is 8.56. The summed E-state index contributed by atoms with van der Waals surface area (Å²) in [5.41, 5.74) is 9.14. The van der Waals surface area contributed by atoms with Gasteiger partial charge >= 0.3 is 0 Å². The van der Waals surface area contributed by atoms with Crippen LogP contribution in [-0.2, 0) is 0 Å². The minimum Gasteiger partial charge on any atom is -0.400 e. The number of piperidine rings is 1. The van der Waals surface area contributed by atoms with Gasteiger partial charge in [-0.05, 0) is 37.0 Å². The van der Waals surface area contributed by atoms with Crippen LogP contribution >= 0.6 is 0 Å². The van der Waals surface area contributed by atoms with E-state index in [0.717, 1.165) is 63.2 Å². The zero-order valence-electron chi connectivity index (χ0n) is 15.0. The summed E-state index contributed by atoms with van der Waals surface area (Å²) in [4.78, 5) is 19.7. The van der Waals surface area contributed by atoms with Crippen molar-refractivity contribution in [1.29, 1.82) is 0 Å². The number of allylic oxidation sites excluding steroid dienone is 1. The Bertz CT molecular complexity index is 661. The van der Waals surface area contributed by atoms with Gasteiger partial charge < -0.3 is 20.4 Å². The van der Waals surface area contributed by atoms with E-state index >= 15 is 0 Å². The van der Waals surface area contributed by atoms with Crippen molar-refractivity contribution in [2.45, 2.75) is 31.2 Å². The van der Waals surface area contributed by atoms with Crippen molar-refractivity contribution in [3.8, 4) is 0 Å². The number of amides is 1. The van der Waals surface area contributed by atoms with Gasteiger partial charge in [-0.1, -0.05) is 12.1 Å². The molecular formula is C20H28N4O. The van der Waals surface area contributed by atoms with Gasteiger partial charge in [0.2, 0.25) is 0 Å². The number of carbonyl (C=O) groups is 1. The third-order valence-electron chi connectivity index (χ3n) is 6.02. The molecule has 3 saturated heterocycles. The van der Waals surface area contributed by atoms with Gasteiger partial charge in [0.05, 0.1) is 0 Å². The molecule has 5 heteroatoms. The Morgan fingerprint density at radius 1 is 1.00 bits per heavy atom. The third-order valence-corrected chi connectivity index (χ3v) is 6.02. The molecule has 0 aromatic heterocycles. The van der Waals surface area contributed by atoms with Crippen LogP contribution in [0.15, 0.2) is 36.2 Å². The Hall–Kier alpha value is -2.01. The predicted molar refractivity (Wildman–Crippen MR) is 99.2 cm³/mol. The van der Waals surface area contributed by atoms with E-state index in [4.69, 9.17) is 5.73 Å². The van der Waals surface area contributed by atoms with Crippen molar-refractivity contribution in [3.05, 3.63) is 47.3 Å². The Labute approximate surface area is 150 Å². The van der Waals surface area contributed by atoms with Crippen LogP contribution in [-0.4, -0.2) is 66.4 Å². The van der Waals surface area contributed by atoms with Gasteiger partial charge in [-0.15, -0.1) is 0 Å². The largest absolute Gasteiger partial charge is 0.400 e. The summed E-state index contributed by atoms with van der Waals surface area (Å²) in [6.07, 6.45) is 5.27. The Morgan fingerprint density at radius 3 is 2.40 bits per heavy atom. The molecule has 0 spiro atoms. The average Bonchev–Trinajstić information content (AvgIpc) is 2.95. The number of rotatable bonds is 2. The number of fused-ring (bicyclic) bond motifs is 4. The van der Waals surface area contributed by atoms with Gasteiger partial charge in [0.15, 0.2) is 0 Å². The summed E-state index contributed by atoms with van der Waals surface area (Å²) >= 11 is 0. The van der Waals surface area contributed by atoms with E-state index in [1.807, 2.05) is 18.3 Å². The molecule has 4 heterocycles. The molecule has 134 valence electrons. The van der Waals surface area contributed by atoms with E-state index in [-0.39, 0.29) is 11.8 Å². The van der Waals surface area contributed by atoms with Crippen molar-refractivity contribution in [2.75, 3.05) is 39.8 Å². The lowest BCUT2D eigenvalue weighted by molar-refractivity contribution is 0.0685. The van der Waals surface area contributed by atoms with Crippen molar-refractivity contribution in [1.82, 2.24) is 14.7 Å². The Balaban J connectivity index is 1.50. The van der Waals surface area contributed by atoms with Crippen LogP contribution in [0.25, 0.3) is 0 Å². The Morgan fingerprint density at radius 2 is 1.72 bits per heavy atom. The fourth-order valence-corrected chi connectivity index (χ4v) is 4.45. The topological polar surface area (TPSA) is 52.8 Å². The van der Waals surface area contributed by atoms with Crippen LogP contribution in [0.3, 0.4) is 0 Å². The zero-order valence-corrected chi connectivity index (χ0v) is 15.0. The quantitative estimate of drug-likeness (QED) is 0.892. The minimum absolute atomic E-state index is 0.187. The van der Waals surface area contributed by atoms with E-state index in [0.29, 0.717) is 6.04 Å². The highest BCUT2D eigenvalue weighted by Crippen LogP contribution is 2.29. The molecule has 1 atom stereocenters. The lowest BCUT2D eigenvalue weighted by Gasteiger charge is -2.31. The monoisotopic (exact) mass is 340 g/mol. The molecule has 3 fully saturated rings. The fourth-order valence-electron chi connectivity index (χ4n) is 4.45. The van der Waals surface area contributed by atoms with Crippen molar-refractivity contribution in [3.63, 3.8) is 0 Å². The summed E-state index contributed by atoms with van der Waals surface area (Å²) < 4.78 is 0. The van der Waals surface area contributed by atoms with Gasteiger partial charge in [-0.2, -0.15) is 0 Å². The average molecular weight is 340 g/mol. The first-order chi connectivity index (χ1) is 12.1. The highest BCUT2D eigenvalue weighted by Gasteiger charge is 2.32. The number of carbonyl (C=O) groups excluding carboxylic acids is 1. The number of benzene rings is 1. The molecule has 5 nitrogen and oxygen atoms in total. The minimum atomic E-state index is 0.187. The first-order valence-electron chi connectivity index (χ1n) is 9.42. The number of hydrogen-bond acceptors (Lipinski definition) is 4. The first-order valence-corrected chi connectivity index (χ1v) is 9.42. The summed E-state index contributed by atoms with van der Waals surface area (Å²) in [7, 11) is 2.05. The number of nitrogens with zero attached hydrogens (tertiary/aromatic N) is 3. The maximum atomic E-state index is 13.0. The molecule has 1 aromatic carbocycles. The van der Waals surface area contributed by atoms with E-state index in [1.54, 1.807) is 0 Å². The van der Waals surface area contributed by atoms with Crippen LogP contribution in [0.4, 0.5) is 0 Å². The number of hydrogen-bond donors (Lipinski definition) is 1. The zero-order chi connectivity index (χ0) is 17.4. The molecule has 4 aliphatic heterocycles. The number of nitrogens with two attached hydrogens (primary N) is 1. The van der Waals surface area contributed by atoms with Crippen LogP contribution in [0, 0.1) is 0 Å². The van der Waals surface area contributed by atoms with Crippen LogP contribution in [0.2, 0.25) is 0 Å². The van der Waals surface area contributed by atoms with Gasteiger partial charge in [-0.25, -0.2) is 0 Å². The molecular weight excluding hydrogens is 312 g/mol. The molecule has 0 aliphatic carbocycles. The van der Waals surface area contributed by atoms with Gasteiger partial charge in [0.1, 0.15) is 0 Å². The van der Waals surface area contributed by atoms with Crippen LogP contribution in [0.1, 0.15) is 41.1 Å². The first kappa shape index (κ1) is 16.5. The van der Waals surface area contributed by atoms with Crippen molar-refractivity contribution >= 4 is 5.91 Å². The smallest absolute Gasteiger partial charge is 0.254 e. The molecule has 5 rings (SSSR count).